The summed E-state index contributed by atoms with van der Waals surface area (Å²) in [6.45, 7) is 1.85. The predicted molar refractivity (Wildman–Crippen MR) is 101 cm³/mol. The van der Waals surface area contributed by atoms with Gasteiger partial charge < -0.3 is 9.47 Å². The molecule has 0 heterocycles. The molecule has 0 aliphatic rings. The van der Waals surface area contributed by atoms with Crippen LogP contribution in [0.2, 0.25) is 0 Å². The zero-order valence-corrected chi connectivity index (χ0v) is 15.2. The van der Waals surface area contributed by atoms with Gasteiger partial charge in [0, 0.05) is 12.1 Å². The Labute approximate surface area is 161 Å². The van der Waals surface area contributed by atoms with Gasteiger partial charge >= 0.3 is 5.97 Å². The number of carbonyl (C=O) groups is 2. The maximum absolute atomic E-state index is 11.9. The average molecular weight is 385 g/mol. The van der Waals surface area contributed by atoms with Gasteiger partial charge in [0.2, 0.25) is 5.91 Å². The fraction of sp³-hybridized carbons (Fsp3) is 0.211. The Kier molecular flexibility index (Phi) is 7.64. The van der Waals surface area contributed by atoms with Crippen molar-refractivity contribution in [3.8, 4) is 5.75 Å². The van der Waals surface area contributed by atoms with E-state index in [9.17, 15) is 19.7 Å². The number of hydrogen-bond donors (Lipinski definition) is 1. The number of hydrazone groups is 1. The van der Waals surface area contributed by atoms with Crippen molar-refractivity contribution in [1.29, 1.82) is 0 Å². The molecule has 0 spiro atoms. The number of amides is 1. The normalized spacial score (nSPS) is 10.5. The zero-order valence-electron chi connectivity index (χ0n) is 15.2. The van der Waals surface area contributed by atoms with E-state index in [1.807, 2.05) is 0 Å². The first-order chi connectivity index (χ1) is 13.5. The summed E-state index contributed by atoms with van der Waals surface area (Å²) in [5, 5.41) is 14.5. The topological polar surface area (TPSA) is 120 Å². The number of carbonyl (C=O) groups excluding carboxylic acids is 2. The number of esters is 1. The molecule has 9 nitrogen and oxygen atoms in total. The average Bonchev–Trinajstić information content (AvgIpc) is 2.68. The van der Waals surface area contributed by atoms with Crippen LogP contribution in [-0.2, 0) is 20.7 Å². The molecule has 0 saturated carbocycles. The quantitative estimate of drug-likeness (QED) is 0.306. The van der Waals surface area contributed by atoms with Gasteiger partial charge in [0.15, 0.2) is 6.61 Å². The molecule has 0 bridgehead atoms. The van der Waals surface area contributed by atoms with Crippen LogP contribution < -0.4 is 10.2 Å². The number of hydrogen-bond acceptors (Lipinski definition) is 7. The van der Waals surface area contributed by atoms with Crippen molar-refractivity contribution >= 4 is 23.8 Å². The SMILES string of the molecule is CCOC(=O)COc1ccc(C=NNC(=O)Cc2ccc([N+](=O)[O-])cc2)cc1. The van der Waals surface area contributed by atoms with Crippen molar-refractivity contribution in [2.75, 3.05) is 13.2 Å². The second-order valence-electron chi connectivity index (χ2n) is 5.56. The van der Waals surface area contributed by atoms with Crippen LogP contribution in [-0.4, -0.2) is 36.2 Å². The van der Waals surface area contributed by atoms with Gasteiger partial charge in [-0.25, -0.2) is 10.2 Å². The second-order valence-corrected chi connectivity index (χ2v) is 5.56. The van der Waals surface area contributed by atoms with Crippen molar-refractivity contribution < 1.29 is 24.0 Å². The third-order valence-corrected chi connectivity index (χ3v) is 3.46. The molecule has 0 saturated heterocycles. The van der Waals surface area contributed by atoms with E-state index in [-0.39, 0.29) is 24.6 Å². The van der Waals surface area contributed by atoms with E-state index in [2.05, 4.69) is 10.5 Å². The predicted octanol–water partition coefficient (Wildman–Crippen LogP) is 2.23. The molecule has 0 aromatic heterocycles. The Morgan fingerprint density at radius 1 is 1.14 bits per heavy atom. The Hall–Kier alpha value is -3.75. The van der Waals surface area contributed by atoms with E-state index >= 15 is 0 Å². The molecule has 0 aliphatic heterocycles. The highest BCUT2D eigenvalue weighted by Crippen LogP contribution is 2.12. The van der Waals surface area contributed by atoms with Gasteiger partial charge in [0.1, 0.15) is 5.75 Å². The maximum Gasteiger partial charge on any atom is 0.344 e. The summed E-state index contributed by atoms with van der Waals surface area (Å²) in [5.41, 5.74) is 3.72. The van der Waals surface area contributed by atoms with Crippen LogP contribution >= 0.6 is 0 Å². The third-order valence-electron chi connectivity index (χ3n) is 3.46. The second kappa shape index (κ2) is 10.4. The van der Waals surface area contributed by atoms with Crippen LogP contribution in [0.15, 0.2) is 53.6 Å². The monoisotopic (exact) mass is 385 g/mol. The van der Waals surface area contributed by atoms with Crippen LogP contribution in [0, 0.1) is 10.1 Å². The fourth-order valence-corrected chi connectivity index (χ4v) is 2.13. The fourth-order valence-electron chi connectivity index (χ4n) is 2.13. The lowest BCUT2D eigenvalue weighted by molar-refractivity contribution is -0.384. The summed E-state index contributed by atoms with van der Waals surface area (Å²) >= 11 is 0. The van der Waals surface area contributed by atoms with E-state index in [1.165, 1.54) is 30.5 Å². The first-order valence-corrected chi connectivity index (χ1v) is 8.41. The van der Waals surface area contributed by atoms with Crippen LogP contribution in [0.25, 0.3) is 0 Å². The summed E-state index contributed by atoms with van der Waals surface area (Å²) in [5.74, 6) is -0.282. The van der Waals surface area contributed by atoms with Gasteiger partial charge in [0.05, 0.1) is 24.2 Å². The minimum atomic E-state index is -0.499. The molecule has 1 N–H and O–H groups in total. The summed E-state index contributed by atoms with van der Waals surface area (Å²) in [4.78, 5) is 33.2. The van der Waals surface area contributed by atoms with Gasteiger partial charge in [-0.05, 0) is 42.3 Å². The molecule has 146 valence electrons. The van der Waals surface area contributed by atoms with E-state index in [4.69, 9.17) is 9.47 Å². The lowest BCUT2D eigenvalue weighted by atomic mass is 10.1. The highest BCUT2D eigenvalue weighted by atomic mass is 16.6. The van der Waals surface area contributed by atoms with Crippen molar-refractivity contribution in [3.05, 3.63) is 69.8 Å². The maximum atomic E-state index is 11.9. The molecule has 0 atom stereocenters. The van der Waals surface area contributed by atoms with E-state index in [1.54, 1.807) is 31.2 Å². The lowest BCUT2D eigenvalue weighted by Crippen LogP contribution is -2.19. The van der Waals surface area contributed by atoms with Crippen LogP contribution in [0.3, 0.4) is 0 Å². The highest BCUT2D eigenvalue weighted by molar-refractivity contribution is 5.83. The number of nitrogens with zero attached hydrogens (tertiary/aromatic N) is 2. The molecule has 0 unspecified atom stereocenters. The molecule has 2 rings (SSSR count). The minimum absolute atomic E-state index is 0.0307. The van der Waals surface area contributed by atoms with E-state index in [0.29, 0.717) is 17.9 Å². The van der Waals surface area contributed by atoms with E-state index in [0.717, 1.165) is 5.56 Å². The number of non-ortho nitro benzene ring substituents is 1. The molecular weight excluding hydrogens is 366 g/mol. The number of nitro benzene ring substituents is 1. The van der Waals surface area contributed by atoms with Gasteiger partial charge in [-0.2, -0.15) is 5.10 Å². The van der Waals surface area contributed by atoms with Crippen LogP contribution in [0.1, 0.15) is 18.1 Å². The smallest absolute Gasteiger partial charge is 0.344 e. The van der Waals surface area contributed by atoms with Crippen molar-refractivity contribution in [2.24, 2.45) is 5.10 Å². The number of rotatable bonds is 9. The standard InChI is InChI=1S/C19H19N3O6/c1-2-27-19(24)13-28-17-9-5-15(6-10-17)12-20-21-18(23)11-14-3-7-16(8-4-14)22(25)26/h3-10,12H,2,11,13H2,1H3,(H,21,23). The summed E-state index contributed by atoms with van der Waals surface area (Å²) < 4.78 is 10.0. The Morgan fingerprint density at radius 2 is 1.82 bits per heavy atom. The first-order valence-electron chi connectivity index (χ1n) is 8.41. The number of benzene rings is 2. The van der Waals surface area contributed by atoms with Gasteiger partial charge in [-0.15, -0.1) is 0 Å². The zero-order chi connectivity index (χ0) is 20.4. The van der Waals surface area contributed by atoms with Gasteiger partial charge in [0.25, 0.3) is 5.69 Å². The minimum Gasteiger partial charge on any atom is -0.482 e. The highest BCUT2D eigenvalue weighted by Gasteiger charge is 2.07. The Balaban J connectivity index is 1.79. The number of nitro groups is 1. The molecule has 0 radical (unpaired) electrons. The van der Waals surface area contributed by atoms with Crippen LogP contribution in [0.5, 0.6) is 5.75 Å². The Morgan fingerprint density at radius 3 is 2.43 bits per heavy atom. The van der Waals surface area contributed by atoms with Gasteiger partial charge in [-0.1, -0.05) is 12.1 Å². The molecule has 1 amide bonds. The molecule has 2 aromatic rings. The molecular formula is C19H19N3O6. The van der Waals surface area contributed by atoms with Gasteiger partial charge in [-0.3, -0.25) is 14.9 Å². The molecule has 0 aliphatic carbocycles. The largest absolute Gasteiger partial charge is 0.482 e. The van der Waals surface area contributed by atoms with E-state index < -0.39 is 10.9 Å². The summed E-state index contributed by atoms with van der Waals surface area (Å²) in [7, 11) is 0. The first kappa shape index (κ1) is 20.6. The summed E-state index contributed by atoms with van der Waals surface area (Å²) in [6.07, 6.45) is 1.51. The number of nitrogens with one attached hydrogen (secondary N) is 1. The molecule has 9 heteroatoms. The lowest BCUT2D eigenvalue weighted by Gasteiger charge is -2.05. The summed E-state index contributed by atoms with van der Waals surface area (Å²) in [6, 6.07) is 12.5. The van der Waals surface area contributed by atoms with Crippen LogP contribution in [0.4, 0.5) is 5.69 Å². The number of ether oxygens (including phenoxy) is 2. The molecule has 0 fully saturated rings. The molecule has 28 heavy (non-hydrogen) atoms. The molecule has 2 aromatic carbocycles. The van der Waals surface area contributed by atoms with Crippen molar-refractivity contribution in [2.45, 2.75) is 13.3 Å². The van der Waals surface area contributed by atoms with Crippen molar-refractivity contribution in [3.63, 3.8) is 0 Å². The van der Waals surface area contributed by atoms with Crippen molar-refractivity contribution in [1.82, 2.24) is 5.43 Å². The third kappa shape index (κ3) is 6.87. The Bertz CT molecular complexity index is 847.